The van der Waals surface area contributed by atoms with Crippen LogP contribution >= 0.6 is 0 Å². The molecule has 0 aliphatic heterocycles. The fourth-order valence-electron chi connectivity index (χ4n) is 7.09. The molecule has 4 aliphatic rings. The molecule has 0 aromatic rings. The molecule has 0 radical (unpaired) electrons. The first-order valence-electron chi connectivity index (χ1n) is 9.47. The van der Waals surface area contributed by atoms with Crippen LogP contribution in [0.15, 0.2) is 0 Å². The van der Waals surface area contributed by atoms with Crippen molar-refractivity contribution in [3.05, 3.63) is 0 Å². The highest BCUT2D eigenvalue weighted by molar-refractivity contribution is 5.01. The smallest absolute Gasteiger partial charge is 0.207 e. The van der Waals surface area contributed by atoms with E-state index >= 15 is 0 Å². The van der Waals surface area contributed by atoms with Gasteiger partial charge in [0.05, 0.1) is 0 Å². The second kappa shape index (κ2) is 5.20. The summed E-state index contributed by atoms with van der Waals surface area (Å²) in [5, 5.41) is 0. The Balaban J connectivity index is 1.50. The molecule has 0 heterocycles. The molecule has 0 aromatic heterocycles. The van der Waals surface area contributed by atoms with Crippen molar-refractivity contribution >= 4 is 0 Å². The molecule has 4 rings (SSSR count). The minimum Gasteiger partial charge on any atom is -0.207 e. The van der Waals surface area contributed by atoms with Gasteiger partial charge in [-0.25, -0.2) is 8.78 Å². The predicted molar refractivity (Wildman–Crippen MR) is 81.2 cm³/mol. The molecule has 0 saturated heterocycles. The summed E-state index contributed by atoms with van der Waals surface area (Å²) in [5.41, 5.74) is 0. The SMILES string of the molecule is CCC1CC[C@@H]2C1CCC1C3CCC(F)(F)CC3CCC12. The highest BCUT2D eigenvalue weighted by Crippen LogP contribution is 2.60. The maximum absolute atomic E-state index is 13.7. The topological polar surface area (TPSA) is 0 Å². The van der Waals surface area contributed by atoms with Crippen LogP contribution in [0.5, 0.6) is 0 Å². The van der Waals surface area contributed by atoms with E-state index in [9.17, 15) is 8.78 Å². The monoisotopic (exact) mass is 296 g/mol. The Morgan fingerprint density at radius 1 is 0.762 bits per heavy atom. The van der Waals surface area contributed by atoms with E-state index in [0.29, 0.717) is 11.8 Å². The number of alkyl halides is 2. The summed E-state index contributed by atoms with van der Waals surface area (Å²) < 4.78 is 27.4. The molecule has 0 N–H and O–H groups in total. The van der Waals surface area contributed by atoms with Crippen LogP contribution in [0.4, 0.5) is 8.78 Å². The number of rotatable bonds is 1. The minimum absolute atomic E-state index is 0.170. The van der Waals surface area contributed by atoms with Gasteiger partial charge in [0.2, 0.25) is 5.92 Å². The summed E-state index contributed by atoms with van der Waals surface area (Å²) in [6.07, 6.45) is 10.6. The van der Waals surface area contributed by atoms with Crippen LogP contribution in [0.25, 0.3) is 0 Å². The van der Waals surface area contributed by atoms with Crippen molar-refractivity contribution in [1.82, 2.24) is 0 Å². The average molecular weight is 296 g/mol. The zero-order valence-electron chi connectivity index (χ0n) is 13.4. The van der Waals surface area contributed by atoms with Gasteiger partial charge in [-0.05, 0) is 86.4 Å². The molecule has 120 valence electrons. The summed E-state index contributed by atoms with van der Waals surface area (Å²) in [5.74, 6) is 3.25. The van der Waals surface area contributed by atoms with Crippen molar-refractivity contribution in [3.8, 4) is 0 Å². The normalized spacial score (nSPS) is 51.9. The van der Waals surface area contributed by atoms with Gasteiger partial charge in [0.15, 0.2) is 0 Å². The summed E-state index contributed by atoms with van der Waals surface area (Å²) in [6.45, 7) is 2.36. The van der Waals surface area contributed by atoms with Crippen LogP contribution < -0.4 is 0 Å². The van der Waals surface area contributed by atoms with Gasteiger partial charge in [-0.3, -0.25) is 0 Å². The third-order valence-corrected chi connectivity index (χ3v) is 7.91. The van der Waals surface area contributed by atoms with Crippen molar-refractivity contribution in [3.63, 3.8) is 0 Å². The Morgan fingerprint density at radius 2 is 1.38 bits per heavy atom. The molecule has 4 aliphatic carbocycles. The third kappa shape index (κ3) is 2.36. The molecule has 2 heteroatoms. The van der Waals surface area contributed by atoms with Crippen LogP contribution in [0.2, 0.25) is 0 Å². The maximum atomic E-state index is 13.7. The average Bonchev–Trinajstić information content (AvgIpc) is 2.88. The second-order valence-electron chi connectivity index (χ2n) is 8.58. The fraction of sp³-hybridized carbons (Fsp3) is 1.00. The van der Waals surface area contributed by atoms with E-state index < -0.39 is 5.92 Å². The highest BCUT2D eigenvalue weighted by atomic mass is 19.3. The highest BCUT2D eigenvalue weighted by Gasteiger charge is 2.53. The van der Waals surface area contributed by atoms with Gasteiger partial charge in [0.1, 0.15) is 0 Å². The molecule has 0 nitrogen and oxygen atoms in total. The first-order chi connectivity index (χ1) is 10.1. The number of hydrogen-bond donors (Lipinski definition) is 0. The number of hydrogen-bond acceptors (Lipinski definition) is 0. The van der Waals surface area contributed by atoms with E-state index in [2.05, 4.69) is 6.92 Å². The lowest BCUT2D eigenvalue weighted by molar-refractivity contribution is -0.112. The van der Waals surface area contributed by atoms with Crippen molar-refractivity contribution in [2.45, 2.75) is 77.1 Å². The third-order valence-electron chi connectivity index (χ3n) is 7.91. The van der Waals surface area contributed by atoms with Crippen molar-refractivity contribution in [1.29, 1.82) is 0 Å². The van der Waals surface area contributed by atoms with Gasteiger partial charge >= 0.3 is 0 Å². The van der Waals surface area contributed by atoms with Crippen LogP contribution in [0.1, 0.15) is 71.1 Å². The lowest BCUT2D eigenvalue weighted by Gasteiger charge is -2.53. The summed E-state index contributed by atoms with van der Waals surface area (Å²) in [4.78, 5) is 0. The van der Waals surface area contributed by atoms with Crippen LogP contribution in [-0.4, -0.2) is 5.92 Å². The first-order valence-corrected chi connectivity index (χ1v) is 9.47. The van der Waals surface area contributed by atoms with Crippen molar-refractivity contribution < 1.29 is 8.78 Å². The lowest BCUT2D eigenvalue weighted by atomic mass is 9.53. The van der Waals surface area contributed by atoms with E-state index in [1.54, 1.807) is 0 Å². The van der Waals surface area contributed by atoms with Gasteiger partial charge in [-0.15, -0.1) is 0 Å². The molecule has 0 bridgehead atoms. The van der Waals surface area contributed by atoms with Crippen LogP contribution in [0, 0.1) is 41.4 Å². The fourth-order valence-corrected chi connectivity index (χ4v) is 7.09. The van der Waals surface area contributed by atoms with Crippen molar-refractivity contribution in [2.24, 2.45) is 41.4 Å². The molecule has 0 aromatic carbocycles. The summed E-state index contributed by atoms with van der Waals surface area (Å²) >= 11 is 0. The Kier molecular flexibility index (Phi) is 3.58. The molecular weight excluding hydrogens is 266 g/mol. The van der Waals surface area contributed by atoms with Gasteiger partial charge in [-0.1, -0.05) is 13.3 Å². The first kappa shape index (κ1) is 14.5. The number of fused-ring (bicyclic) bond motifs is 5. The Hall–Kier alpha value is -0.140. The summed E-state index contributed by atoms with van der Waals surface area (Å²) in [6, 6.07) is 0. The standard InChI is InChI=1S/C19H30F2/c1-2-12-3-5-16-14(12)7-8-17-15-9-10-19(20,21)11-13(15)4-6-18(16)17/h12-18H,2-11H2,1H3/t12?,13?,14?,15?,16-,17?,18?/m1/s1. The molecule has 7 atom stereocenters. The Labute approximate surface area is 128 Å². The van der Waals surface area contributed by atoms with Gasteiger partial charge in [0.25, 0.3) is 0 Å². The zero-order chi connectivity index (χ0) is 14.6. The molecule has 6 unspecified atom stereocenters. The molecule has 4 saturated carbocycles. The van der Waals surface area contributed by atoms with E-state index in [0.717, 1.165) is 42.4 Å². The lowest BCUT2D eigenvalue weighted by Crippen LogP contribution is -2.46. The second-order valence-corrected chi connectivity index (χ2v) is 8.58. The molecular formula is C19H30F2. The zero-order valence-corrected chi connectivity index (χ0v) is 13.4. The maximum Gasteiger partial charge on any atom is 0.248 e. The van der Waals surface area contributed by atoms with E-state index in [-0.39, 0.29) is 12.8 Å². The Bertz CT molecular complexity index is 391. The van der Waals surface area contributed by atoms with E-state index in [1.807, 2.05) is 0 Å². The quantitative estimate of drug-likeness (QED) is 0.564. The number of halogens is 2. The van der Waals surface area contributed by atoms with Gasteiger partial charge in [-0.2, -0.15) is 0 Å². The molecule has 0 spiro atoms. The van der Waals surface area contributed by atoms with Crippen molar-refractivity contribution in [2.75, 3.05) is 0 Å². The molecule has 0 amide bonds. The summed E-state index contributed by atoms with van der Waals surface area (Å²) in [7, 11) is 0. The minimum atomic E-state index is -2.36. The predicted octanol–water partition coefficient (Wildman–Crippen LogP) is 5.91. The Morgan fingerprint density at radius 3 is 2.19 bits per heavy atom. The van der Waals surface area contributed by atoms with Gasteiger partial charge < -0.3 is 0 Å². The molecule has 4 fully saturated rings. The van der Waals surface area contributed by atoms with Crippen LogP contribution in [0.3, 0.4) is 0 Å². The largest absolute Gasteiger partial charge is 0.248 e. The molecule has 21 heavy (non-hydrogen) atoms. The van der Waals surface area contributed by atoms with E-state index in [1.165, 1.54) is 38.5 Å². The van der Waals surface area contributed by atoms with E-state index in [4.69, 9.17) is 0 Å². The van der Waals surface area contributed by atoms with Crippen LogP contribution in [-0.2, 0) is 0 Å². The van der Waals surface area contributed by atoms with Gasteiger partial charge in [0, 0.05) is 12.8 Å².